The van der Waals surface area contributed by atoms with Gasteiger partial charge in [0.25, 0.3) is 0 Å². The molecule has 6 nitrogen and oxygen atoms in total. The number of benzene rings is 1. The summed E-state index contributed by atoms with van der Waals surface area (Å²) >= 11 is 1.35. The SMILES string of the molecule is CC(N)CC(S[C@@H]1O[C@H](CO)[C@H](O)[C@H](O)[C@H]1O)c1ccccc1. The Morgan fingerprint density at radius 1 is 1.13 bits per heavy atom. The number of rotatable bonds is 6. The number of aliphatic hydroxyl groups is 4. The molecule has 0 bridgehead atoms. The van der Waals surface area contributed by atoms with Crippen molar-refractivity contribution in [3.05, 3.63) is 35.9 Å². The lowest BCUT2D eigenvalue weighted by Gasteiger charge is -2.41. The molecule has 0 aliphatic carbocycles. The largest absolute Gasteiger partial charge is 0.394 e. The number of aliphatic hydroxyl groups excluding tert-OH is 4. The lowest BCUT2D eigenvalue weighted by atomic mass is 10.0. The predicted molar refractivity (Wildman–Crippen MR) is 88.8 cm³/mol. The van der Waals surface area contributed by atoms with Gasteiger partial charge in [0.1, 0.15) is 29.9 Å². The lowest BCUT2D eigenvalue weighted by Crippen LogP contribution is -2.57. The molecular formula is C16H25NO5S. The first kappa shape index (κ1) is 18.7. The first-order valence-electron chi connectivity index (χ1n) is 7.70. The summed E-state index contributed by atoms with van der Waals surface area (Å²) in [5, 5.41) is 39.2. The van der Waals surface area contributed by atoms with E-state index in [2.05, 4.69) is 0 Å². The van der Waals surface area contributed by atoms with Crippen LogP contribution in [-0.4, -0.2) is 62.9 Å². The van der Waals surface area contributed by atoms with E-state index in [1.54, 1.807) is 0 Å². The van der Waals surface area contributed by atoms with E-state index in [4.69, 9.17) is 10.5 Å². The average Bonchev–Trinajstić information content (AvgIpc) is 2.55. The van der Waals surface area contributed by atoms with Gasteiger partial charge in [-0.25, -0.2) is 0 Å². The maximum Gasteiger partial charge on any atom is 0.132 e. The molecule has 0 aromatic heterocycles. The highest BCUT2D eigenvalue weighted by molar-refractivity contribution is 8.00. The number of nitrogens with two attached hydrogens (primary N) is 1. The van der Waals surface area contributed by atoms with Crippen molar-refractivity contribution in [3.8, 4) is 0 Å². The quantitative estimate of drug-likeness (QED) is 0.493. The van der Waals surface area contributed by atoms with Crippen LogP contribution in [0.1, 0.15) is 24.2 Å². The third kappa shape index (κ3) is 4.67. The molecule has 2 rings (SSSR count). The molecule has 1 saturated heterocycles. The van der Waals surface area contributed by atoms with Crippen LogP contribution in [0.25, 0.3) is 0 Å². The summed E-state index contributed by atoms with van der Waals surface area (Å²) in [7, 11) is 0. The van der Waals surface area contributed by atoms with E-state index < -0.39 is 36.5 Å². The van der Waals surface area contributed by atoms with Crippen LogP contribution in [0.2, 0.25) is 0 Å². The van der Waals surface area contributed by atoms with Gasteiger partial charge < -0.3 is 30.9 Å². The Morgan fingerprint density at radius 2 is 1.78 bits per heavy atom. The summed E-state index contributed by atoms with van der Waals surface area (Å²) in [5.41, 5.74) is 6.22. The second-order valence-electron chi connectivity index (χ2n) is 5.95. The molecule has 23 heavy (non-hydrogen) atoms. The Balaban J connectivity index is 2.14. The van der Waals surface area contributed by atoms with Gasteiger partial charge in [0.2, 0.25) is 0 Å². The van der Waals surface area contributed by atoms with Crippen molar-refractivity contribution in [2.45, 2.75) is 54.5 Å². The van der Waals surface area contributed by atoms with Gasteiger partial charge in [-0.2, -0.15) is 0 Å². The molecule has 2 unspecified atom stereocenters. The van der Waals surface area contributed by atoms with Gasteiger partial charge in [-0.3, -0.25) is 0 Å². The molecule has 0 amide bonds. The van der Waals surface area contributed by atoms with Crippen LogP contribution in [0.4, 0.5) is 0 Å². The highest BCUT2D eigenvalue weighted by atomic mass is 32.2. The van der Waals surface area contributed by atoms with Gasteiger partial charge in [0.05, 0.1) is 6.61 Å². The van der Waals surface area contributed by atoms with E-state index in [0.717, 1.165) is 5.56 Å². The summed E-state index contributed by atoms with van der Waals surface area (Å²) in [4.78, 5) is 0. The van der Waals surface area contributed by atoms with Crippen LogP contribution in [0.3, 0.4) is 0 Å². The van der Waals surface area contributed by atoms with Crippen molar-refractivity contribution in [1.29, 1.82) is 0 Å². The molecule has 1 aliphatic rings. The second-order valence-corrected chi connectivity index (χ2v) is 7.25. The summed E-state index contributed by atoms with van der Waals surface area (Å²) in [6.07, 6.45) is -4.15. The van der Waals surface area contributed by atoms with Crippen molar-refractivity contribution in [1.82, 2.24) is 0 Å². The van der Waals surface area contributed by atoms with Crippen molar-refractivity contribution < 1.29 is 25.2 Å². The molecule has 130 valence electrons. The molecule has 6 N–H and O–H groups in total. The number of hydrogen-bond acceptors (Lipinski definition) is 7. The van der Waals surface area contributed by atoms with Crippen LogP contribution in [0.15, 0.2) is 30.3 Å². The molecule has 7 heteroatoms. The zero-order valence-corrected chi connectivity index (χ0v) is 13.8. The van der Waals surface area contributed by atoms with Gasteiger partial charge in [-0.05, 0) is 18.9 Å². The minimum atomic E-state index is -1.36. The second kappa shape index (κ2) is 8.43. The first-order chi connectivity index (χ1) is 10.9. The third-order valence-electron chi connectivity index (χ3n) is 3.90. The predicted octanol–water partition coefficient (Wildman–Crippen LogP) is -0.00190. The molecule has 0 saturated carbocycles. The van der Waals surface area contributed by atoms with E-state index >= 15 is 0 Å². The van der Waals surface area contributed by atoms with Crippen LogP contribution < -0.4 is 5.73 Å². The maximum absolute atomic E-state index is 10.2. The normalized spacial score (nSPS) is 34.1. The van der Waals surface area contributed by atoms with Crippen molar-refractivity contribution >= 4 is 11.8 Å². The maximum atomic E-state index is 10.2. The Hall–Kier alpha value is -0.670. The van der Waals surface area contributed by atoms with Gasteiger partial charge in [0, 0.05) is 11.3 Å². The van der Waals surface area contributed by atoms with E-state index in [9.17, 15) is 20.4 Å². The Bertz CT molecular complexity index is 473. The highest BCUT2D eigenvalue weighted by Gasteiger charge is 2.44. The molecule has 7 atom stereocenters. The van der Waals surface area contributed by atoms with Crippen LogP contribution in [0.5, 0.6) is 0 Å². The lowest BCUT2D eigenvalue weighted by molar-refractivity contribution is -0.205. The minimum Gasteiger partial charge on any atom is -0.394 e. The molecule has 1 fully saturated rings. The number of hydrogen-bond donors (Lipinski definition) is 5. The molecule has 1 aliphatic heterocycles. The van der Waals surface area contributed by atoms with Crippen LogP contribution in [0, 0.1) is 0 Å². The summed E-state index contributed by atoms with van der Waals surface area (Å²) in [5.74, 6) is 0. The number of ether oxygens (including phenoxy) is 1. The summed E-state index contributed by atoms with van der Waals surface area (Å²) in [6, 6.07) is 9.69. The summed E-state index contributed by atoms with van der Waals surface area (Å²) in [6.45, 7) is 1.48. The molecule has 0 radical (unpaired) electrons. The van der Waals surface area contributed by atoms with E-state index in [0.29, 0.717) is 6.42 Å². The average molecular weight is 343 g/mol. The Labute approximate surface area is 140 Å². The zero-order chi connectivity index (χ0) is 17.0. The fraction of sp³-hybridized carbons (Fsp3) is 0.625. The minimum absolute atomic E-state index is 0.0300. The Kier molecular flexibility index (Phi) is 6.84. The van der Waals surface area contributed by atoms with Gasteiger partial charge >= 0.3 is 0 Å². The third-order valence-corrected chi connectivity index (χ3v) is 5.36. The monoisotopic (exact) mass is 343 g/mol. The van der Waals surface area contributed by atoms with Crippen molar-refractivity contribution in [3.63, 3.8) is 0 Å². The van der Waals surface area contributed by atoms with Gasteiger partial charge in [-0.15, -0.1) is 11.8 Å². The topological polar surface area (TPSA) is 116 Å². The van der Waals surface area contributed by atoms with Gasteiger partial charge in [-0.1, -0.05) is 30.3 Å². The highest BCUT2D eigenvalue weighted by Crippen LogP contribution is 2.40. The first-order valence-corrected chi connectivity index (χ1v) is 8.64. The summed E-state index contributed by atoms with van der Waals surface area (Å²) < 4.78 is 5.58. The molecule has 1 aromatic carbocycles. The van der Waals surface area contributed by atoms with Crippen LogP contribution >= 0.6 is 11.8 Å². The molecule has 1 aromatic rings. The van der Waals surface area contributed by atoms with Crippen molar-refractivity contribution in [2.75, 3.05) is 6.61 Å². The van der Waals surface area contributed by atoms with Crippen molar-refractivity contribution in [2.24, 2.45) is 5.73 Å². The van der Waals surface area contributed by atoms with E-state index in [1.807, 2.05) is 37.3 Å². The fourth-order valence-electron chi connectivity index (χ4n) is 2.62. The fourth-order valence-corrected chi connectivity index (χ4v) is 4.20. The molecule has 0 spiro atoms. The smallest absolute Gasteiger partial charge is 0.132 e. The Morgan fingerprint density at radius 3 is 2.35 bits per heavy atom. The number of thioether (sulfide) groups is 1. The molecular weight excluding hydrogens is 318 g/mol. The van der Waals surface area contributed by atoms with Gasteiger partial charge in [0.15, 0.2) is 0 Å². The standard InChI is InChI=1S/C16H25NO5S/c1-9(17)7-12(10-5-3-2-4-6-10)23-16-15(21)14(20)13(19)11(8-18)22-16/h2-6,9,11-16,18-21H,7-8,17H2,1H3/t9?,11-,12?,13+,14+,15-,16+/m1/s1. The van der Waals surface area contributed by atoms with E-state index in [-0.39, 0.29) is 11.3 Å². The van der Waals surface area contributed by atoms with Crippen LogP contribution in [-0.2, 0) is 4.74 Å². The molecule has 1 heterocycles. The zero-order valence-electron chi connectivity index (χ0n) is 13.0. The van der Waals surface area contributed by atoms with E-state index in [1.165, 1.54) is 11.8 Å².